The Kier molecular flexibility index (Phi) is 6.62. The Labute approximate surface area is 156 Å². The van der Waals surface area contributed by atoms with Gasteiger partial charge in [-0.3, -0.25) is 9.00 Å². The van der Waals surface area contributed by atoms with Crippen LogP contribution in [0.1, 0.15) is 19.4 Å². The molecule has 0 aliphatic heterocycles. The van der Waals surface area contributed by atoms with Gasteiger partial charge in [-0.25, -0.2) is 0 Å². The zero-order valence-corrected chi connectivity index (χ0v) is 16.1. The summed E-state index contributed by atoms with van der Waals surface area (Å²) in [6.45, 7) is 3.80. The standard InChI is InChI=1S/C19H22ClNO3S/c1-19(2,25(23)16-10-8-15(20)9-11-16)18(22)21-13-12-14-6-4-5-7-17(14)24-3/h4-11H,12-13H2,1-3H3,(H,21,22). The Hall–Kier alpha value is -1.85. The molecule has 0 spiro atoms. The van der Waals surface area contributed by atoms with Gasteiger partial charge >= 0.3 is 0 Å². The minimum atomic E-state index is -1.48. The Bertz CT molecular complexity index is 760. The summed E-state index contributed by atoms with van der Waals surface area (Å²) >= 11 is 5.86. The van der Waals surface area contributed by atoms with E-state index in [1.807, 2.05) is 24.3 Å². The van der Waals surface area contributed by atoms with Gasteiger partial charge in [0.05, 0.1) is 17.9 Å². The smallest absolute Gasteiger partial charge is 0.238 e. The van der Waals surface area contributed by atoms with Gasteiger partial charge in [-0.05, 0) is 56.2 Å². The summed E-state index contributed by atoms with van der Waals surface area (Å²) in [4.78, 5) is 13.1. The average molecular weight is 380 g/mol. The van der Waals surface area contributed by atoms with Gasteiger partial charge < -0.3 is 10.1 Å². The number of methoxy groups -OCH3 is 1. The van der Waals surface area contributed by atoms with Gasteiger partial charge in [-0.1, -0.05) is 29.8 Å². The number of halogens is 1. The van der Waals surface area contributed by atoms with Crippen LogP contribution in [-0.4, -0.2) is 28.5 Å². The summed E-state index contributed by atoms with van der Waals surface area (Å²) in [5.41, 5.74) is 1.02. The average Bonchev–Trinajstić information content (AvgIpc) is 2.62. The third-order valence-corrected chi connectivity index (χ3v) is 5.98. The molecular weight excluding hydrogens is 358 g/mol. The monoisotopic (exact) mass is 379 g/mol. The normalized spacial score (nSPS) is 12.5. The van der Waals surface area contributed by atoms with Crippen molar-refractivity contribution in [2.75, 3.05) is 13.7 Å². The quantitative estimate of drug-likeness (QED) is 0.799. The van der Waals surface area contributed by atoms with Gasteiger partial charge in [0.25, 0.3) is 0 Å². The van der Waals surface area contributed by atoms with E-state index < -0.39 is 15.5 Å². The van der Waals surface area contributed by atoms with Crippen LogP contribution in [0.15, 0.2) is 53.4 Å². The zero-order chi connectivity index (χ0) is 18.4. The lowest BCUT2D eigenvalue weighted by atomic mass is 10.1. The number of carbonyl (C=O) groups excluding carboxylic acids is 1. The third-order valence-electron chi connectivity index (χ3n) is 3.91. The molecule has 2 rings (SSSR count). The molecule has 0 bridgehead atoms. The van der Waals surface area contributed by atoms with E-state index in [1.54, 1.807) is 45.2 Å². The number of amides is 1. The largest absolute Gasteiger partial charge is 0.496 e. The molecule has 25 heavy (non-hydrogen) atoms. The second-order valence-corrected chi connectivity index (χ2v) is 8.52. The molecule has 0 saturated carbocycles. The van der Waals surface area contributed by atoms with E-state index in [4.69, 9.17) is 16.3 Å². The van der Waals surface area contributed by atoms with Gasteiger partial charge in [0, 0.05) is 16.5 Å². The summed E-state index contributed by atoms with van der Waals surface area (Å²) < 4.78 is 17.0. The first-order valence-corrected chi connectivity index (χ1v) is 9.46. The van der Waals surface area contributed by atoms with E-state index in [9.17, 15) is 9.00 Å². The summed E-state index contributed by atoms with van der Waals surface area (Å²) in [5, 5.41) is 3.44. The fourth-order valence-electron chi connectivity index (χ4n) is 2.37. The van der Waals surface area contributed by atoms with Crippen LogP contribution in [0.3, 0.4) is 0 Å². The van der Waals surface area contributed by atoms with Crippen molar-refractivity contribution in [3.05, 3.63) is 59.1 Å². The van der Waals surface area contributed by atoms with Gasteiger partial charge in [-0.15, -0.1) is 0 Å². The van der Waals surface area contributed by atoms with Crippen LogP contribution in [0, 0.1) is 0 Å². The first-order chi connectivity index (χ1) is 11.9. The molecule has 0 aromatic heterocycles. The Morgan fingerprint density at radius 2 is 1.80 bits per heavy atom. The first-order valence-electron chi connectivity index (χ1n) is 7.94. The molecule has 0 radical (unpaired) electrons. The van der Waals surface area contributed by atoms with Gasteiger partial charge in [0.1, 0.15) is 10.5 Å². The molecule has 2 aromatic rings. The van der Waals surface area contributed by atoms with Crippen LogP contribution in [0.25, 0.3) is 0 Å². The number of carbonyl (C=O) groups is 1. The van der Waals surface area contributed by atoms with Crippen LogP contribution in [0.2, 0.25) is 5.02 Å². The number of benzene rings is 2. The van der Waals surface area contributed by atoms with E-state index in [2.05, 4.69) is 5.32 Å². The fourth-order valence-corrected chi connectivity index (χ4v) is 3.71. The van der Waals surface area contributed by atoms with Crippen molar-refractivity contribution in [1.82, 2.24) is 5.32 Å². The molecule has 1 N–H and O–H groups in total. The number of rotatable bonds is 7. The molecule has 0 aliphatic rings. The predicted molar refractivity (Wildman–Crippen MR) is 102 cm³/mol. The van der Waals surface area contributed by atoms with E-state index in [0.29, 0.717) is 22.9 Å². The molecular formula is C19H22ClNO3S. The fraction of sp³-hybridized carbons (Fsp3) is 0.316. The number of ether oxygens (including phenoxy) is 1. The molecule has 6 heteroatoms. The summed E-state index contributed by atoms with van der Waals surface area (Å²) in [5.74, 6) is 0.538. The highest BCUT2D eigenvalue weighted by molar-refractivity contribution is 7.87. The number of nitrogens with one attached hydrogen (secondary N) is 1. The van der Waals surface area contributed by atoms with Gasteiger partial charge in [-0.2, -0.15) is 0 Å². The Morgan fingerprint density at radius 3 is 2.44 bits per heavy atom. The van der Waals surface area contributed by atoms with Crippen molar-refractivity contribution in [3.63, 3.8) is 0 Å². The molecule has 0 fully saturated rings. The minimum absolute atomic E-state index is 0.254. The lowest BCUT2D eigenvalue weighted by Gasteiger charge is -2.23. The maximum Gasteiger partial charge on any atom is 0.238 e. The molecule has 1 unspecified atom stereocenters. The van der Waals surface area contributed by atoms with E-state index in [1.165, 1.54) is 0 Å². The van der Waals surface area contributed by atoms with Crippen molar-refractivity contribution in [2.45, 2.75) is 29.9 Å². The molecule has 0 heterocycles. The van der Waals surface area contributed by atoms with Crippen molar-refractivity contribution >= 4 is 28.3 Å². The third kappa shape index (κ3) is 4.83. The summed E-state index contributed by atoms with van der Waals surface area (Å²) in [6.07, 6.45) is 0.638. The van der Waals surface area contributed by atoms with Gasteiger partial charge in [0.15, 0.2) is 0 Å². The van der Waals surface area contributed by atoms with E-state index in [-0.39, 0.29) is 5.91 Å². The summed E-state index contributed by atoms with van der Waals surface area (Å²) in [7, 11) is 0.139. The highest BCUT2D eigenvalue weighted by Gasteiger charge is 2.35. The minimum Gasteiger partial charge on any atom is -0.496 e. The second kappa shape index (κ2) is 8.50. The highest BCUT2D eigenvalue weighted by atomic mass is 35.5. The molecule has 134 valence electrons. The molecule has 0 saturated heterocycles. The Morgan fingerprint density at radius 1 is 1.16 bits per heavy atom. The topological polar surface area (TPSA) is 55.4 Å². The van der Waals surface area contributed by atoms with Crippen LogP contribution >= 0.6 is 11.6 Å². The van der Waals surface area contributed by atoms with Crippen LogP contribution < -0.4 is 10.1 Å². The van der Waals surface area contributed by atoms with E-state index in [0.717, 1.165) is 11.3 Å². The van der Waals surface area contributed by atoms with Crippen molar-refractivity contribution < 1.29 is 13.7 Å². The lowest BCUT2D eigenvalue weighted by Crippen LogP contribution is -2.46. The molecule has 2 aromatic carbocycles. The second-order valence-electron chi connectivity index (χ2n) is 6.05. The molecule has 0 aliphatic carbocycles. The lowest BCUT2D eigenvalue weighted by molar-refractivity contribution is -0.122. The SMILES string of the molecule is COc1ccccc1CCNC(=O)C(C)(C)S(=O)c1ccc(Cl)cc1. The maximum atomic E-state index is 12.7. The molecule has 4 nitrogen and oxygen atoms in total. The van der Waals surface area contributed by atoms with Crippen LogP contribution in [0.5, 0.6) is 5.75 Å². The number of hydrogen-bond acceptors (Lipinski definition) is 3. The van der Waals surface area contributed by atoms with E-state index >= 15 is 0 Å². The van der Waals surface area contributed by atoms with Crippen LogP contribution in [0.4, 0.5) is 0 Å². The zero-order valence-electron chi connectivity index (χ0n) is 14.5. The predicted octanol–water partition coefficient (Wildman–Crippen LogP) is 3.59. The molecule has 1 amide bonds. The Balaban J connectivity index is 1.98. The van der Waals surface area contributed by atoms with Gasteiger partial charge in [0.2, 0.25) is 5.91 Å². The van der Waals surface area contributed by atoms with Crippen LogP contribution in [-0.2, 0) is 22.0 Å². The highest BCUT2D eigenvalue weighted by Crippen LogP contribution is 2.23. The first kappa shape index (κ1) is 19.5. The number of para-hydroxylation sites is 1. The van der Waals surface area contributed by atoms with Crippen molar-refractivity contribution in [1.29, 1.82) is 0 Å². The summed E-state index contributed by atoms with van der Waals surface area (Å²) in [6, 6.07) is 14.4. The number of hydrogen-bond donors (Lipinski definition) is 1. The van der Waals surface area contributed by atoms with Crippen molar-refractivity contribution in [2.24, 2.45) is 0 Å². The van der Waals surface area contributed by atoms with Crippen molar-refractivity contribution in [3.8, 4) is 5.75 Å². The maximum absolute atomic E-state index is 12.7. The molecule has 1 atom stereocenters.